The number of nitrogens with zero attached hydrogens (tertiary/aromatic N) is 3. The predicted octanol–water partition coefficient (Wildman–Crippen LogP) is 6.79. The number of aryl methyl sites for hydroxylation is 1. The summed E-state index contributed by atoms with van der Waals surface area (Å²) in [5.74, 6) is 0.712. The number of ether oxygens (including phenoxy) is 1. The largest absolute Gasteiger partial charge is 0.486 e. The van der Waals surface area contributed by atoms with Crippen LogP contribution in [0.15, 0.2) is 71.6 Å². The standard InChI is InChI=1S/C31H31N3O/c1-30(2,3)34-15-7-10-23-16-22(12-14-29(23)34)11-13-27-17-26(28(21-32)33-4)20-31(35-27)18-24-8-5-6-9-25(24)19-31/h5-6,8-9,11-14,16-17H,7,10,15,18-20H2,1-3H3/b13-11+,28-26+. The van der Waals surface area contributed by atoms with E-state index in [1.165, 1.54) is 22.4 Å². The first-order valence-corrected chi connectivity index (χ1v) is 12.4. The van der Waals surface area contributed by atoms with Gasteiger partial charge in [0, 0.05) is 37.0 Å². The maximum atomic E-state index is 9.55. The van der Waals surface area contributed by atoms with Crippen molar-refractivity contribution < 1.29 is 4.74 Å². The Morgan fingerprint density at radius 3 is 2.49 bits per heavy atom. The monoisotopic (exact) mass is 461 g/mol. The lowest BCUT2D eigenvalue weighted by Crippen LogP contribution is -2.44. The summed E-state index contributed by atoms with van der Waals surface area (Å²) in [6.07, 6.45) is 10.4. The van der Waals surface area contributed by atoms with E-state index in [0.717, 1.165) is 43.4 Å². The zero-order valence-electron chi connectivity index (χ0n) is 20.8. The van der Waals surface area contributed by atoms with Crippen molar-refractivity contribution in [2.24, 2.45) is 0 Å². The molecule has 35 heavy (non-hydrogen) atoms. The molecule has 1 aliphatic carbocycles. The molecular formula is C31H31N3O. The van der Waals surface area contributed by atoms with Crippen LogP contribution in [0.1, 0.15) is 55.9 Å². The van der Waals surface area contributed by atoms with E-state index in [4.69, 9.17) is 11.3 Å². The molecule has 176 valence electrons. The maximum absolute atomic E-state index is 9.55. The fourth-order valence-electron chi connectivity index (χ4n) is 5.74. The van der Waals surface area contributed by atoms with Crippen LogP contribution < -0.4 is 4.90 Å². The van der Waals surface area contributed by atoms with Crippen molar-refractivity contribution >= 4 is 11.8 Å². The number of rotatable bonds is 2. The average molecular weight is 462 g/mol. The second kappa shape index (κ2) is 8.79. The smallest absolute Gasteiger partial charge is 0.265 e. The van der Waals surface area contributed by atoms with Crippen molar-refractivity contribution in [2.75, 3.05) is 11.4 Å². The Labute approximate surface area is 208 Å². The molecule has 3 aliphatic rings. The van der Waals surface area contributed by atoms with Crippen LogP contribution >= 0.6 is 0 Å². The number of benzene rings is 2. The molecule has 4 heteroatoms. The SMILES string of the molecule is [C-]#[N+]/C(C#N)=C1C=C(/C=C/c2ccc3c(c2)CCCN3C(C)(C)C)OC2(C\1)Cc1ccccc1C2. The summed E-state index contributed by atoms with van der Waals surface area (Å²) in [5.41, 5.74) is 7.02. The van der Waals surface area contributed by atoms with Gasteiger partial charge in [0.25, 0.3) is 5.70 Å². The van der Waals surface area contributed by atoms with E-state index in [9.17, 15) is 5.26 Å². The third-order valence-electron chi connectivity index (χ3n) is 7.30. The highest BCUT2D eigenvalue weighted by Gasteiger charge is 2.42. The van der Waals surface area contributed by atoms with Crippen LogP contribution in [-0.4, -0.2) is 17.7 Å². The number of fused-ring (bicyclic) bond motifs is 2. The minimum atomic E-state index is -0.441. The van der Waals surface area contributed by atoms with E-state index in [-0.39, 0.29) is 11.2 Å². The molecule has 0 atom stereocenters. The van der Waals surface area contributed by atoms with Gasteiger partial charge in [-0.3, -0.25) is 0 Å². The van der Waals surface area contributed by atoms with Gasteiger partial charge in [-0.05, 0) is 85.7 Å². The van der Waals surface area contributed by atoms with Gasteiger partial charge >= 0.3 is 0 Å². The molecular weight excluding hydrogens is 430 g/mol. The van der Waals surface area contributed by atoms with E-state index in [1.807, 2.05) is 12.2 Å². The third-order valence-corrected chi connectivity index (χ3v) is 7.30. The van der Waals surface area contributed by atoms with Crippen LogP contribution in [0, 0.1) is 17.9 Å². The van der Waals surface area contributed by atoms with Crippen LogP contribution in [0.2, 0.25) is 0 Å². The van der Waals surface area contributed by atoms with E-state index in [0.29, 0.717) is 12.2 Å². The summed E-state index contributed by atoms with van der Waals surface area (Å²) in [6, 6.07) is 17.2. The van der Waals surface area contributed by atoms with Crippen molar-refractivity contribution in [1.29, 1.82) is 5.26 Å². The molecule has 0 amide bonds. The molecule has 5 rings (SSSR count). The van der Waals surface area contributed by atoms with Crippen LogP contribution in [0.3, 0.4) is 0 Å². The summed E-state index contributed by atoms with van der Waals surface area (Å²) in [6.45, 7) is 15.4. The Kier molecular flexibility index (Phi) is 5.78. The van der Waals surface area contributed by atoms with E-state index in [2.05, 4.69) is 85.1 Å². The second-order valence-corrected chi connectivity index (χ2v) is 10.9. The van der Waals surface area contributed by atoms with Gasteiger partial charge in [-0.2, -0.15) is 0 Å². The molecule has 0 aromatic heterocycles. The highest BCUT2D eigenvalue weighted by Crippen LogP contribution is 2.43. The summed E-state index contributed by atoms with van der Waals surface area (Å²) in [4.78, 5) is 6.00. The Morgan fingerprint density at radius 2 is 1.83 bits per heavy atom. The molecule has 0 unspecified atom stereocenters. The lowest BCUT2D eigenvalue weighted by Gasteiger charge is -2.41. The summed E-state index contributed by atoms with van der Waals surface area (Å²) >= 11 is 0. The summed E-state index contributed by atoms with van der Waals surface area (Å²) < 4.78 is 6.60. The van der Waals surface area contributed by atoms with Crippen molar-refractivity contribution in [2.45, 2.75) is 64.0 Å². The van der Waals surface area contributed by atoms with Crippen LogP contribution in [0.5, 0.6) is 0 Å². The Balaban J connectivity index is 1.45. The maximum Gasteiger partial charge on any atom is 0.265 e. The average Bonchev–Trinajstić information content (AvgIpc) is 3.19. The zero-order chi connectivity index (χ0) is 24.6. The van der Waals surface area contributed by atoms with Gasteiger partial charge in [0.2, 0.25) is 0 Å². The van der Waals surface area contributed by atoms with Crippen molar-refractivity contribution in [3.8, 4) is 6.07 Å². The zero-order valence-corrected chi connectivity index (χ0v) is 20.8. The Morgan fingerprint density at radius 1 is 1.09 bits per heavy atom. The third kappa shape index (κ3) is 4.50. The van der Waals surface area contributed by atoms with E-state index in [1.54, 1.807) is 0 Å². The fraction of sp³-hybridized carbons (Fsp3) is 0.355. The summed E-state index contributed by atoms with van der Waals surface area (Å²) in [5, 5.41) is 9.55. The molecule has 1 spiro atoms. The normalized spacial score (nSPS) is 19.9. The van der Waals surface area contributed by atoms with Crippen molar-refractivity contribution in [3.05, 3.63) is 105 Å². The molecule has 2 aromatic carbocycles. The molecule has 2 heterocycles. The predicted molar refractivity (Wildman–Crippen MR) is 141 cm³/mol. The number of anilines is 1. The van der Waals surface area contributed by atoms with Gasteiger partial charge in [0.15, 0.2) is 0 Å². The van der Waals surface area contributed by atoms with Crippen molar-refractivity contribution in [1.82, 2.24) is 0 Å². The van der Waals surface area contributed by atoms with Gasteiger partial charge in [-0.1, -0.05) is 36.4 Å². The lowest BCUT2D eigenvalue weighted by atomic mass is 9.87. The van der Waals surface area contributed by atoms with Gasteiger partial charge in [0.05, 0.1) is 12.6 Å². The minimum absolute atomic E-state index is 0.102. The van der Waals surface area contributed by atoms with Crippen LogP contribution in [0.4, 0.5) is 5.69 Å². The molecule has 4 nitrogen and oxygen atoms in total. The number of hydrogen-bond acceptors (Lipinski definition) is 3. The first kappa shape index (κ1) is 23.0. The van der Waals surface area contributed by atoms with Gasteiger partial charge in [-0.15, -0.1) is 0 Å². The Hall–Kier alpha value is -3.76. The number of nitriles is 1. The topological polar surface area (TPSA) is 40.6 Å². The highest BCUT2D eigenvalue weighted by molar-refractivity contribution is 5.64. The molecule has 2 aliphatic heterocycles. The summed E-state index contributed by atoms with van der Waals surface area (Å²) in [7, 11) is 0. The minimum Gasteiger partial charge on any atom is -0.486 e. The highest BCUT2D eigenvalue weighted by atomic mass is 16.5. The molecule has 0 radical (unpaired) electrons. The molecule has 2 aromatic rings. The van der Waals surface area contributed by atoms with Gasteiger partial charge < -0.3 is 9.64 Å². The second-order valence-electron chi connectivity index (χ2n) is 10.9. The van der Waals surface area contributed by atoms with Crippen LogP contribution in [-0.2, 0) is 24.0 Å². The molecule has 0 N–H and O–H groups in total. The fourth-order valence-corrected chi connectivity index (χ4v) is 5.74. The first-order valence-electron chi connectivity index (χ1n) is 12.4. The van der Waals surface area contributed by atoms with E-state index >= 15 is 0 Å². The molecule has 0 saturated heterocycles. The van der Waals surface area contributed by atoms with Gasteiger partial charge in [-0.25, -0.2) is 10.1 Å². The van der Waals surface area contributed by atoms with Crippen molar-refractivity contribution in [3.63, 3.8) is 0 Å². The molecule has 0 fully saturated rings. The lowest BCUT2D eigenvalue weighted by molar-refractivity contribution is 0.0108. The molecule has 0 bridgehead atoms. The quantitative estimate of drug-likeness (QED) is 0.365. The number of hydrogen-bond donors (Lipinski definition) is 0. The van der Waals surface area contributed by atoms with E-state index < -0.39 is 5.60 Å². The molecule has 0 saturated carbocycles. The van der Waals surface area contributed by atoms with Gasteiger partial charge in [0.1, 0.15) is 11.4 Å². The first-order chi connectivity index (χ1) is 16.8. The number of allylic oxidation sites excluding steroid dienone is 3. The van der Waals surface area contributed by atoms with Crippen LogP contribution in [0.25, 0.3) is 10.9 Å². The Bertz CT molecular complexity index is 1300.